The smallest absolute Gasteiger partial charge is 0 e. The second-order valence-electron chi connectivity index (χ2n) is 2.97. The molecule has 0 fully saturated rings. The summed E-state index contributed by atoms with van der Waals surface area (Å²) in [4.78, 5) is 0. The third kappa shape index (κ3) is 4.51. The SMILES string of the molecule is Cl.[Zn].c1ccc([CH-]c2ccccc2)cc1. The van der Waals surface area contributed by atoms with E-state index in [4.69, 9.17) is 0 Å². The topological polar surface area (TPSA) is 0 Å². The number of benzene rings is 2. The molecule has 0 N–H and O–H groups in total. The van der Waals surface area contributed by atoms with Crippen LogP contribution in [0.5, 0.6) is 0 Å². The van der Waals surface area contributed by atoms with Crippen LogP contribution in [0.25, 0.3) is 0 Å². The van der Waals surface area contributed by atoms with Crippen molar-refractivity contribution in [2.24, 2.45) is 0 Å². The van der Waals surface area contributed by atoms with E-state index in [0.29, 0.717) is 0 Å². The van der Waals surface area contributed by atoms with Gasteiger partial charge in [-0.15, -0.1) is 54.2 Å². The standard InChI is InChI=1S/C13H11.ClH.Zn/c1-3-7-12(8-4-1)11-13-9-5-2-6-10-13;;/h1-11H;1H;/q-1;;. The fourth-order valence-electron chi connectivity index (χ4n) is 1.29. The molecule has 2 aromatic carbocycles. The van der Waals surface area contributed by atoms with Crippen molar-refractivity contribution in [2.75, 3.05) is 0 Å². The van der Waals surface area contributed by atoms with Crippen molar-refractivity contribution < 1.29 is 19.5 Å². The molecule has 0 amide bonds. The molecule has 0 atom stereocenters. The summed E-state index contributed by atoms with van der Waals surface area (Å²) in [6.45, 7) is 0. The Labute approximate surface area is 110 Å². The molecule has 0 heterocycles. The van der Waals surface area contributed by atoms with Crippen LogP contribution >= 0.6 is 12.4 Å². The van der Waals surface area contributed by atoms with E-state index in [1.165, 1.54) is 11.1 Å². The van der Waals surface area contributed by atoms with E-state index in [1.807, 2.05) is 12.1 Å². The molecule has 0 aliphatic carbocycles. The minimum Gasteiger partial charge on any atom is -0.147 e. The van der Waals surface area contributed by atoms with E-state index >= 15 is 0 Å². The predicted octanol–water partition coefficient (Wildman–Crippen LogP) is 3.71. The van der Waals surface area contributed by atoms with E-state index in [1.54, 1.807) is 0 Å². The molecule has 0 spiro atoms. The molecule has 0 aromatic heterocycles. The van der Waals surface area contributed by atoms with Crippen LogP contribution in [0, 0.1) is 6.42 Å². The Bertz CT molecular complexity index is 321. The molecule has 0 saturated carbocycles. The van der Waals surface area contributed by atoms with Crippen molar-refractivity contribution in [1.82, 2.24) is 0 Å². The third-order valence-corrected chi connectivity index (χ3v) is 1.93. The third-order valence-electron chi connectivity index (χ3n) is 1.93. The summed E-state index contributed by atoms with van der Waals surface area (Å²) < 4.78 is 0. The molecule has 0 radical (unpaired) electrons. The zero-order chi connectivity index (χ0) is 8.93. The number of rotatable bonds is 2. The molecule has 0 unspecified atom stereocenters. The van der Waals surface area contributed by atoms with Crippen LogP contribution in [-0.2, 0) is 19.5 Å². The Morgan fingerprint density at radius 3 is 1.27 bits per heavy atom. The van der Waals surface area contributed by atoms with Crippen LogP contribution < -0.4 is 0 Å². The van der Waals surface area contributed by atoms with Gasteiger partial charge >= 0.3 is 0 Å². The van der Waals surface area contributed by atoms with Crippen molar-refractivity contribution in [2.45, 2.75) is 0 Å². The predicted molar refractivity (Wildman–Crippen MR) is 62.6 cm³/mol. The molecule has 2 rings (SSSR count). The average molecular weight is 269 g/mol. The second kappa shape index (κ2) is 7.51. The summed E-state index contributed by atoms with van der Waals surface area (Å²) in [5.74, 6) is 0. The molecule has 74 valence electrons. The summed E-state index contributed by atoms with van der Waals surface area (Å²) in [7, 11) is 0. The Hall–Kier alpha value is -0.777. The average Bonchev–Trinajstić information content (AvgIpc) is 2.21. The largest absolute Gasteiger partial charge is 0.147 e. The quantitative estimate of drug-likeness (QED) is 0.576. The summed E-state index contributed by atoms with van der Waals surface area (Å²) in [5.41, 5.74) is 2.49. The van der Waals surface area contributed by atoms with Crippen molar-refractivity contribution >= 4 is 12.4 Å². The molecule has 2 heteroatoms. The van der Waals surface area contributed by atoms with Crippen LogP contribution in [-0.4, -0.2) is 0 Å². The number of halogens is 1. The minimum absolute atomic E-state index is 0. The second-order valence-corrected chi connectivity index (χ2v) is 2.97. The normalized spacial score (nSPS) is 8.27. The number of hydrogen-bond donors (Lipinski definition) is 0. The van der Waals surface area contributed by atoms with Crippen molar-refractivity contribution in [1.29, 1.82) is 0 Å². The van der Waals surface area contributed by atoms with Gasteiger partial charge in [-0.05, 0) is 0 Å². The van der Waals surface area contributed by atoms with Gasteiger partial charge in [-0.3, -0.25) is 0 Å². The fraction of sp³-hybridized carbons (Fsp3) is 0. The Balaban J connectivity index is 0.000000980. The zero-order valence-electron chi connectivity index (χ0n) is 8.47. The first-order valence-electron chi connectivity index (χ1n) is 4.40. The van der Waals surface area contributed by atoms with E-state index in [0.717, 1.165) is 0 Å². The van der Waals surface area contributed by atoms with Gasteiger partial charge in [-0.2, -0.15) is 0 Å². The van der Waals surface area contributed by atoms with Gasteiger partial charge in [0.25, 0.3) is 0 Å². The maximum atomic E-state index is 2.17. The van der Waals surface area contributed by atoms with Crippen molar-refractivity contribution in [3.8, 4) is 0 Å². The van der Waals surface area contributed by atoms with Crippen LogP contribution in [0.4, 0.5) is 0 Å². The van der Waals surface area contributed by atoms with Gasteiger partial charge in [0.1, 0.15) is 0 Å². The van der Waals surface area contributed by atoms with Crippen LogP contribution in [0.2, 0.25) is 0 Å². The maximum absolute atomic E-state index is 2.17. The van der Waals surface area contributed by atoms with Gasteiger partial charge in [-0.1, -0.05) is 36.4 Å². The Morgan fingerprint density at radius 2 is 0.933 bits per heavy atom. The zero-order valence-corrected chi connectivity index (χ0v) is 12.2. The van der Waals surface area contributed by atoms with E-state index < -0.39 is 0 Å². The molecule has 0 nitrogen and oxygen atoms in total. The first kappa shape index (κ1) is 14.2. The van der Waals surface area contributed by atoms with Crippen LogP contribution in [0.3, 0.4) is 0 Å². The van der Waals surface area contributed by atoms with Crippen molar-refractivity contribution in [3.63, 3.8) is 0 Å². The van der Waals surface area contributed by atoms with Gasteiger partial charge in [0.15, 0.2) is 0 Å². The Kier molecular flexibility index (Phi) is 7.12. The van der Waals surface area contributed by atoms with Crippen molar-refractivity contribution in [3.05, 3.63) is 78.2 Å². The van der Waals surface area contributed by atoms with Gasteiger partial charge in [0.05, 0.1) is 0 Å². The van der Waals surface area contributed by atoms with E-state index in [2.05, 4.69) is 55.0 Å². The van der Waals surface area contributed by atoms with E-state index in [9.17, 15) is 0 Å². The molecular weight excluding hydrogens is 257 g/mol. The van der Waals surface area contributed by atoms with Gasteiger partial charge in [0.2, 0.25) is 0 Å². The monoisotopic (exact) mass is 267 g/mol. The summed E-state index contributed by atoms with van der Waals surface area (Å²) in [6, 6.07) is 20.7. The molecule has 0 saturated heterocycles. The summed E-state index contributed by atoms with van der Waals surface area (Å²) in [5, 5.41) is 0. The fourth-order valence-corrected chi connectivity index (χ4v) is 1.29. The first-order valence-corrected chi connectivity index (χ1v) is 4.40. The first-order chi connectivity index (χ1) is 6.45. The minimum atomic E-state index is 0. The molecular formula is C13H12ClZn-. The Morgan fingerprint density at radius 1 is 0.600 bits per heavy atom. The number of hydrogen-bond acceptors (Lipinski definition) is 0. The summed E-state index contributed by atoms with van der Waals surface area (Å²) >= 11 is 0. The molecule has 0 bridgehead atoms. The van der Waals surface area contributed by atoms with Gasteiger partial charge in [-0.25, -0.2) is 0 Å². The van der Waals surface area contributed by atoms with Crippen LogP contribution in [0.15, 0.2) is 60.7 Å². The van der Waals surface area contributed by atoms with Gasteiger partial charge < -0.3 is 0 Å². The summed E-state index contributed by atoms with van der Waals surface area (Å²) in [6.07, 6.45) is 2.17. The van der Waals surface area contributed by atoms with Gasteiger partial charge in [0, 0.05) is 19.5 Å². The molecule has 0 aliphatic heterocycles. The van der Waals surface area contributed by atoms with Crippen LogP contribution in [0.1, 0.15) is 11.1 Å². The van der Waals surface area contributed by atoms with E-state index in [-0.39, 0.29) is 31.9 Å². The molecule has 2 aromatic rings. The molecule has 0 aliphatic rings. The molecule has 15 heavy (non-hydrogen) atoms. The maximum Gasteiger partial charge on any atom is 0 e.